The number of ether oxygens (including phenoxy) is 2. The zero-order valence-electron chi connectivity index (χ0n) is 16.2. The van der Waals surface area contributed by atoms with Crippen molar-refractivity contribution in [3.63, 3.8) is 0 Å². The minimum Gasteiger partial charge on any atom is -0.493 e. The van der Waals surface area contributed by atoms with Gasteiger partial charge in [-0.2, -0.15) is 0 Å². The van der Waals surface area contributed by atoms with Crippen LogP contribution < -0.4 is 14.8 Å². The fourth-order valence-corrected chi connectivity index (χ4v) is 3.87. The number of amides is 1. The summed E-state index contributed by atoms with van der Waals surface area (Å²) < 4.78 is 23.8. The molecule has 1 atom stereocenters. The standard InChI is InChI=1S/C22H21FN2O4/c1-28-20-9-14-7-8-25-18(16(14)10-21(20)29-2)12-24-17(22(25)27)11-19(26)13-3-5-15(23)6-4-13/h3-6,9-11,18,24H,7-8,12H2,1-2H3/b17-11-. The highest BCUT2D eigenvalue weighted by Crippen LogP contribution is 2.39. The second-order valence-electron chi connectivity index (χ2n) is 6.98. The molecule has 0 aliphatic carbocycles. The Morgan fingerprint density at radius 1 is 1.17 bits per heavy atom. The summed E-state index contributed by atoms with van der Waals surface area (Å²) >= 11 is 0. The molecule has 1 amide bonds. The summed E-state index contributed by atoms with van der Waals surface area (Å²) in [6, 6.07) is 8.98. The van der Waals surface area contributed by atoms with Gasteiger partial charge in [-0.1, -0.05) is 0 Å². The molecule has 0 spiro atoms. The van der Waals surface area contributed by atoms with Gasteiger partial charge >= 0.3 is 0 Å². The molecular weight excluding hydrogens is 375 g/mol. The van der Waals surface area contributed by atoms with Gasteiger partial charge in [-0.25, -0.2) is 4.39 Å². The van der Waals surface area contributed by atoms with Crippen molar-refractivity contribution in [2.45, 2.75) is 12.5 Å². The monoisotopic (exact) mass is 396 g/mol. The number of nitrogens with zero attached hydrogens (tertiary/aromatic N) is 1. The summed E-state index contributed by atoms with van der Waals surface area (Å²) in [5.74, 6) is 0.303. The first-order chi connectivity index (χ1) is 14.0. The Balaban J connectivity index is 1.60. The summed E-state index contributed by atoms with van der Waals surface area (Å²) in [7, 11) is 3.18. The molecule has 2 heterocycles. The number of allylic oxidation sites excluding steroid dienone is 1. The molecule has 0 saturated carbocycles. The summed E-state index contributed by atoms with van der Waals surface area (Å²) in [6.45, 7) is 1.03. The molecule has 1 fully saturated rings. The number of benzene rings is 2. The Hall–Kier alpha value is -3.35. The number of halogens is 1. The molecule has 2 aliphatic heterocycles. The summed E-state index contributed by atoms with van der Waals surface area (Å²) in [5, 5.41) is 3.09. The molecular formula is C22H21FN2O4. The van der Waals surface area contributed by atoms with Crippen LogP contribution in [0.25, 0.3) is 0 Å². The van der Waals surface area contributed by atoms with Crippen LogP contribution in [-0.4, -0.2) is 43.9 Å². The number of piperazine rings is 1. The highest BCUT2D eigenvalue weighted by Gasteiger charge is 2.37. The molecule has 6 nitrogen and oxygen atoms in total. The van der Waals surface area contributed by atoms with E-state index in [1.54, 1.807) is 19.1 Å². The van der Waals surface area contributed by atoms with Crippen LogP contribution in [0.15, 0.2) is 48.2 Å². The number of rotatable bonds is 4. The van der Waals surface area contributed by atoms with Gasteiger partial charge in [0.15, 0.2) is 17.3 Å². The number of carbonyl (C=O) groups is 2. The van der Waals surface area contributed by atoms with Gasteiger partial charge in [0.05, 0.1) is 20.3 Å². The lowest BCUT2D eigenvalue weighted by atomic mass is 9.90. The SMILES string of the molecule is COc1cc2c(cc1OC)C1CN/C(=C\C(=O)c3ccc(F)cc3)C(=O)N1CC2. The van der Waals surface area contributed by atoms with Gasteiger partial charge in [-0.05, 0) is 53.9 Å². The summed E-state index contributed by atoms with van der Waals surface area (Å²) in [5.41, 5.74) is 2.71. The van der Waals surface area contributed by atoms with E-state index in [4.69, 9.17) is 9.47 Å². The minimum atomic E-state index is -0.414. The first kappa shape index (κ1) is 19.0. The lowest BCUT2D eigenvalue weighted by Gasteiger charge is -2.42. The smallest absolute Gasteiger partial charge is 0.270 e. The number of nitrogens with one attached hydrogen (secondary N) is 1. The van der Waals surface area contributed by atoms with E-state index < -0.39 is 5.82 Å². The summed E-state index contributed by atoms with van der Waals surface area (Å²) in [6.07, 6.45) is 1.98. The van der Waals surface area contributed by atoms with Crippen LogP contribution in [0.2, 0.25) is 0 Å². The molecule has 4 rings (SSSR count). The van der Waals surface area contributed by atoms with Gasteiger partial charge in [-0.3, -0.25) is 9.59 Å². The lowest BCUT2D eigenvalue weighted by Crippen LogP contribution is -2.51. The average Bonchev–Trinajstić information content (AvgIpc) is 2.74. The maximum absolute atomic E-state index is 13.1. The van der Waals surface area contributed by atoms with Crippen LogP contribution in [-0.2, 0) is 11.2 Å². The Labute approximate surface area is 167 Å². The van der Waals surface area contributed by atoms with Gasteiger partial charge in [0.1, 0.15) is 11.5 Å². The van der Waals surface area contributed by atoms with Crippen LogP contribution >= 0.6 is 0 Å². The Bertz CT molecular complexity index is 1000. The number of ketones is 1. The Kier molecular flexibility index (Phi) is 4.96. The Morgan fingerprint density at radius 2 is 1.86 bits per heavy atom. The first-order valence-electron chi connectivity index (χ1n) is 9.33. The highest BCUT2D eigenvalue weighted by atomic mass is 19.1. The number of hydrogen-bond acceptors (Lipinski definition) is 5. The van der Waals surface area contributed by atoms with Crippen LogP contribution in [0.5, 0.6) is 11.5 Å². The third kappa shape index (κ3) is 3.44. The van der Waals surface area contributed by atoms with Crippen molar-refractivity contribution in [2.24, 2.45) is 0 Å². The maximum Gasteiger partial charge on any atom is 0.270 e. The molecule has 7 heteroatoms. The molecule has 1 unspecified atom stereocenters. The molecule has 29 heavy (non-hydrogen) atoms. The zero-order valence-corrected chi connectivity index (χ0v) is 16.2. The third-order valence-corrected chi connectivity index (χ3v) is 5.38. The molecule has 2 aromatic rings. The maximum atomic E-state index is 13.1. The molecule has 1 N–H and O–H groups in total. The molecule has 1 saturated heterocycles. The van der Waals surface area contributed by atoms with Crippen molar-refractivity contribution in [3.8, 4) is 11.5 Å². The number of methoxy groups -OCH3 is 2. The van der Waals surface area contributed by atoms with Crippen molar-refractivity contribution >= 4 is 11.7 Å². The van der Waals surface area contributed by atoms with E-state index in [1.165, 1.54) is 30.3 Å². The second kappa shape index (κ2) is 7.58. The zero-order chi connectivity index (χ0) is 20.5. The minimum absolute atomic E-state index is 0.149. The second-order valence-corrected chi connectivity index (χ2v) is 6.98. The van der Waals surface area contributed by atoms with Crippen molar-refractivity contribution in [3.05, 3.63) is 70.7 Å². The van der Waals surface area contributed by atoms with Crippen molar-refractivity contribution in [1.29, 1.82) is 0 Å². The predicted octanol–water partition coefficient (Wildman–Crippen LogP) is 2.64. The molecule has 150 valence electrons. The largest absolute Gasteiger partial charge is 0.493 e. The number of hydrogen-bond donors (Lipinski definition) is 1. The van der Waals surface area contributed by atoms with Gasteiger partial charge < -0.3 is 19.7 Å². The van der Waals surface area contributed by atoms with E-state index in [1.807, 2.05) is 12.1 Å². The predicted molar refractivity (Wildman–Crippen MR) is 105 cm³/mol. The fourth-order valence-electron chi connectivity index (χ4n) is 3.87. The van der Waals surface area contributed by atoms with E-state index in [-0.39, 0.29) is 23.4 Å². The van der Waals surface area contributed by atoms with Crippen molar-refractivity contribution < 1.29 is 23.5 Å². The van der Waals surface area contributed by atoms with Crippen LogP contribution in [0, 0.1) is 5.82 Å². The lowest BCUT2D eigenvalue weighted by molar-refractivity contribution is -0.132. The number of carbonyl (C=O) groups excluding carboxylic acids is 2. The third-order valence-electron chi connectivity index (χ3n) is 5.38. The quantitative estimate of drug-likeness (QED) is 0.636. The van der Waals surface area contributed by atoms with Crippen LogP contribution in [0.1, 0.15) is 27.5 Å². The van der Waals surface area contributed by atoms with E-state index in [0.717, 1.165) is 11.1 Å². The molecule has 2 aliphatic rings. The van der Waals surface area contributed by atoms with Gasteiger partial charge in [0, 0.05) is 24.7 Å². The number of fused-ring (bicyclic) bond motifs is 3. The topological polar surface area (TPSA) is 67.9 Å². The molecule has 0 radical (unpaired) electrons. The van der Waals surface area contributed by atoms with Crippen molar-refractivity contribution in [1.82, 2.24) is 10.2 Å². The molecule has 0 aromatic heterocycles. The van der Waals surface area contributed by atoms with Crippen molar-refractivity contribution in [2.75, 3.05) is 27.3 Å². The van der Waals surface area contributed by atoms with Crippen LogP contribution in [0.4, 0.5) is 4.39 Å². The van der Waals surface area contributed by atoms with E-state index in [2.05, 4.69) is 5.32 Å². The van der Waals surface area contributed by atoms with Gasteiger partial charge in [0.2, 0.25) is 0 Å². The molecule has 0 bridgehead atoms. The van der Waals surface area contributed by atoms with E-state index in [0.29, 0.717) is 36.6 Å². The fraction of sp³-hybridized carbons (Fsp3) is 0.273. The van der Waals surface area contributed by atoms with Crippen LogP contribution in [0.3, 0.4) is 0 Å². The normalized spacial score (nSPS) is 19.3. The van der Waals surface area contributed by atoms with E-state index in [9.17, 15) is 14.0 Å². The highest BCUT2D eigenvalue weighted by molar-refractivity contribution is 6.09. The summed E-state index contributed by atoms with van der Waals surface area (Å²) in [4.78, 5) is 27.2. The first-order valence-corrected chi connectivity index (χ1v) is 9.33. The van der Waals surface area contributed by atoms with Gasteiger partial charge in [-0.15, -0.1) is 0 Å². The Morgan fingerprint density at radius 3 is 2.55 bits per heavy atom. The van der Waals surface area contributed by atoms with E-state index >= 15 is 0 Å². The van der Waals surface area contributed by atoms with Gasteiger partial charge in [0.25, 0.3) is 5.91 Å². The average molecular weight is 396 g/mol. The molecule has 2 aromatic carbocycles.